The van der Waals surface area contributed by atoms with E-state index in [-0.39, 0.29) is 17.0 Å². The van der Waals surface area contributed by atoms with Crippen LogP contribution >= 0.6 is 11.3 Å². The first-order valence-corrected chi connectivity index (χ1v) is 8.54. The van der Waals surface area contributed by atoms with E-state index < -0.39 is 16.0 Å². The molecule has 0 unspecified atom stereocenters. The van der Waals surface area contributed by atoms with Crippen LogP contribution in [0.3, 0.4) is 0 Å². The van der Waals surface area contributed by atoms with E-state index >= 15 is 0 Å². The van der Waals surface area contributed by atoms with Crippen molar-refractivity contribution >= 4 is 27.3 Å². The third-order valence-electron chi connectivity index (χ3n) is 3.06. The van der Waals surface area contributed by atoms with Crippen molar-refractivity contribution in [2.24, 2.45) is 0 Å². The molecule has 7 heteroatoms. The summed E-state index contributed by atoms with van der Waals surface area (Å²) >= 11 is 1.45. The van der Waals surface area contributed by atoms with Crippen molar-refractivity contribution < 1.29 is 18.3 Å². The molecule has 0 aliphatic carbocycles. The standard InChI is InChI=1S/C14H15NO4S2/c1-9-6-10(2)13(7-12(9)14(16)17)21(18,19)15-8-11-4-3-5-20-11/h3-7,15H,8H2,1-2H3,(H,16,17). The Morgan fingerprint density at radius 1 is 1.29 bits per heavy atom. The number of carboxylic acids is 1. The summed E-state index contributed by atoms with van der Waals surface area (Å²) in [5.74, 6) is -1.14. The Balaban J connectivity index is 2.35. The fourth-order valence-corrected chi connectivity index (χ4v) is 4.00. The SMILES string of the molecule is Cc1cc(C)c(S(=O)(=O)NCc2cccs2)cc1C(=O)O. The molecule has 2 N–H and O–H groups in total. The second kappa shape index (κ2) is 5.97. The summed E-state index contributed by atoms with van der Waals surface area (Å²) in [7, 11) is -3.75. The van der Waals surface area contributed by atoms with Crippen molar-refractivity contribution in [1.82, 2.24) is 4.72 Å². The van der Waals surface area contributed by atoms with Gasteiger partial charge in [0, 0.05) is 11.4 Å². The maximum Gasteiger partial charge on any atom is 0.335 e. The van der Waals surface area contributed by atoms with Crippen molar-refractivity contribution in [3.8, 4) is 0 Å². The third kappa shape index (κ3) is 3.49. The molecule has 112 valence electrons. The van der Waals surface area contributed by atoms with Gasteiger partial charge in [0.25, 0.3) is 0 Å². The first-order chi connectivity index (χ1) is 9.81. The molecule has 0 saturated carbocycles. The Kier molecular flexibility index (Phi) is 4.46. The molecule has 0 radical (unpaired) electrons. The lowest BCUT2D eigenvalue weighted by Crippen LogP contribution is -2.24. The molecule has 5 nitrogen and oxygen atoms in total. The van der Waals surface area contributed by atoms with Crippen LogP contribution in [-0.4, -0.2) is 19.5 Å². The summed E-state index contributed by atoms with van der Waals surface area (Å²) in [6, 6.07) is 6.46. The quantitative estimate of drug-likeness (QED) is 0.885. The van der Waals surface area contributed by atoms with Crippen molar-refractivity contribution in [2.75, 3.05) is 0 Å². The molecule has 21 heavy (non-hydrogen) atoms. The average Bonchev–Trinajstić information content (AvgIpc) is 2.88. The van der Waals surface area contributed by atoms with Gasteiger partial charge in [0.05, 0.1) is 10.5 Å². The highest BCUT2D eigenvalue weighted by molar-refractivity contribution is 7.89. The predicted molar refractivity (Wildman–Crippen MR) is 81.2 cm³/mol. The number of hydrogen-bond donors (Lipinski definition) is 2. The number of aryl methyl sites for hydroxylation is 2. The lowest BCUT2D eigenvalue weighted by molar-refractivity contribution is 0.0696. The van der Waals surface area contributed by atoms with Gasteiger partial charge in [0.1, 0.15) is 0 Å². The molecule has 0 aliphatic heterocycles. The molecule has 0 atom stereocenters. The number of benzene rings is 1. The first-order valence-electron chi connectivity index (χ1n) is 6.18. The van der Waals surface area contributed by atoms with E-state index in [0.29, 0.717) is 11.1 Å². The molecule has 1 aromatic carbocycles. The van der Waals surface area contributed by atoms with Gasteiger partial charge in [-0.25, -0.2) is 17.9 Å². The molecular formula is C14H15NO4S2. The van der Waals surface area contributed by atoms with Gasteiger partial charge in [0.15, 0.2) is 0 Å². The Morgan fingerprint density at radius 3 is 2.57 bits per heavy atom. The maximum atomic E-state index is 12.3. The number of sulfonamides is 1. The largest absolute Gasteiger partial charge is 0.478 e. The molecule has 0 aliphatic rings. The molecule has 2 aromatic rings. The van der Waals surface area contributed by atoms with Crippen molar-refractivity contribution in [1.29, 1.82) is 0 Å². The second-order valence-electron chi connectivity index (χ2n) is 4.64. The molecule has 2 rings (SSSR count). The van der Waals surface area contributed by atoms with Gasteiger partial charge in [-0.05, 0) is 42.5 Å². The smallest absolute Gasteiger partial charge is 0.335 e. The van der Waals surface area contributed by atoms with Gasteiger partial charge < -0.3 is 5.11 Å². The van der Waals surface area contributed by atoms with Gasteiger partial charge in [-0.3, -0.25) is 0 Å². The van der Waals surface area contributed by atoms with Crippen molar-refractivity contribution in [3.63, 3.8) is 0 Å². The van der Waals surface area contributed by atoms with Crippen LogP contribution in [0.1, 0.15) is 26.4 Å². The number of carbonyl (C=O) groups is 1. The summed E-state index contributed by atoms with van der Waals surface area (Å²) in [6.45, 7) is 3.49. The van der Waals surface area contributed by atoms with Crippen LogP contribution in [0.25, 0.3) is 0 Å². The number of aromatic carboxylic acids is 1. The number of thiophene rings is 1. The molecule has 1 heterocycles. The fraction of sp³-hybridized carbons (Fsp3) is 0.214. The van der Waals surface area contributed by atoms with Crippen LogP contribution in [-0.2, 0) is 16.6 Å². The summed E-state index contributed by atoms with van der Waals surface area (Å²) < 4.78 is 27.2. The molecule has 0 amide bonds. The highest BCUT2D eigenvalue weighted by Crippen LogP contribution is 2.21. The highest BCUT2D eigenvalue weighted by Gasteiger charge is 2.20. The zero-order chi connectivity index (χ0) is 15.6. The molecular weight excluding hydrogens is 310 g/mol. The normalized spacial score (nSPS) is 11.5. The number of hydrogen-bond acceptors (Lipinski definition) is 4. The Labute approximate surface area is 127 Å². The van der Waals surface area contributed by atoms with E-state index in [2.05, 4.69) is 4.72 Å². The summed E-state index contributed by atoms with van der Waals surface area (Å²) in [5, 5.41) is 11.0. The fourth-order valence-electron chi connectivity index (χ4n) is 2.01. The monoisotopic (exact) mass is 325 g/mol. The van der Waals surface area contributed by atoms with E-state index in [1.165, 1.54) is 17.4 Å². The van der Waals surface area contributed by atoms with Crippen LogP contribution in [0, 0.1) is 13.8 Å². The number of rotatable bonds is 5. The minimum atomic E-state index is -3.75. The van der Waals surface area contributed by atoms with E-state index in [1.54, 1.807) is 19.9 Å². The second-order valence-corrected chi connectivity index (χ2v) is 7.41. The van der Waals surface area contributed by atoms with E-state index in [1.807, 2.05) is 17.5 Å². The Morgan fingerprint density at radius 2 is 2.00 bits per heavy atom. The minimum Gasteiger partial charge on any atom is -0.478 e. The van der Waals surface area contributed by atoms with Gasteiger partial charge in [0.2, 0.25) is 10.0 Å². The van der Waals surface area contributed by atoms with Crippen molar-refractivity contribution in [2.45, 2.75) is 25.3 Å². The topological polar surface area (TPSA) is 83.5 Å². The highest BCUT2D eigenvalue weighted by atomic mass is 32.2. The Bertz CT molecular complexity index is 765. The average molecular weight is 325 g/mol. The molecule has 0 saturated heterocycles. The third-order valence-corrected chi connectivity index (χ3v) is 5.48. The summed E-state index contributed by atoms with van der Waals surface area (Å²) in [6.07, 6.45) is 0. The zero-order valence-electron chi connectivity index (χ0n) is 11.6. The lowest BCUT2D eigenvalue weighted by Gasteiger charge is -2.11. The number of nitrogens with one attached hydrogen (secondary N) is 1. The van der Waals surface area contributed by atoms with Crippen LogP contribution in [0.15, 0.2) is 34.5 Å². The van der Waals surface area contributed by atoms with Gasteiger partial charge in [-0.15, -0.1) is 11.3 Å². The van der Waals surface area contributed by atoms with Gasteiger partial charge >= 0.3 is 5.97 Å². The van der Waals surface area contributed by atoms with Crippen molar-refractivity contribution in [3.05, 3.63) is 51.2 Å². The van der Waals surface area contributed by atoms with E-state index in [9.17, 15) is 13.2 Å². The summed E-state index contributed by atoms with van der Waals surface area (Å²) in [5.41, 5.74) is 1.06. The van der Waals surface area contributed by atoms with Gasteiger partial charge in [-0.2, -0.15) is 0 Å². The minimum absolute atomic E-state index is 0.00190. The maximum absolute atomic E-state index is 12.3. The van der Waals surface area contributed by atoms with Crippen LogP contribution in [0.4, 0.5) is 0 Å². The van der Waals surface area contributed by atoms with Crippen LogP contribution < -0.4 is 4.72 Å². The van der Waals surface area contributed by atoms with E-state index in [4.69, 9.17) is 5.11 Å². The molecule has 1 aromatic heterocycles. The first kappa shape index (κ1) is 15.7. The van der Waals surface area contributed by atoms with Gasteiger partial charge in [-0.1, -0.05) is 12.1 Å². The van der Waals surface area contributed by atoms with E-state index in [0.717, 1.165) is 4.88 Å². The molecule has 0 spiro atoms. The lowest BCUT2D eigenvalue weighted by atomic mass is 10.1. The summed E-state index contributed by atoms with van der Waals surface area (Å²) in [4.78, 5) is 12.0. The molecule has 0 bridgehead atoms. The van der Waals surface area contributed by atoms with Crippen LogP contribution in [0.2, 0.25) is 0 Å². The number of carboxylic acid groups (broad SMARTS) is 1. The Hall–Kier alpha value is -1.70. The predicted octanol–water partition coefficient (Wildman–Crippen LogP) is 2.54. The van der Waals surface area contributed by atoms with Crippen LogP contribution in [0.5, 0.6) is 0 Å². The zero-order valence-corrected chi connectivity index (χ0v) is 13.2. The molecule has 0 fully saturated rings.